The fourth-order valence-electron chi connectivity index (χ4n) is 2.45. The summed E-state index contributed by atoms with van der Waals surface area (Å²) in [7, 11) is 5.24. The molecule has 3 rings (SSSR count). The van der Waals surface area contributed by atoms with E-state index in [0.717, 1.165) is 33.6 Å². The number of hydrogen-bond donors (Lipinski definition) is 0. The van der Waals surface area contributed by atoms with Crippen LogP contribution in [-0.4, -0.2) is 29.0 Å². The van der Waals surface area contributed by atoms with Gasteiger partial charge in [0.2, 0.25) is 0 Å². The first-order chi connectivity index (χ1) is 12.1. The molecule has 5 nitrogen and oxygen atoms in total. The van der Waals surface area contributed by atoms with Gasteiger partial charge in [-0.05, 0) is 30.3 Å². The Morgan fingerprint density at radius 1 is 1.08 bits per heavy atom. The van der Waals surface area contributed by atoms with Crippen molar-refractivity contribution >= 4 is 23.4 Å². The fraction of sp³-hybridized carbons (Fsp3) is 0.222. The number of ether oxygens (including phenoxy) is 2. The Morgan fingerprint density at radius 2 is 1.88 bits per heavy atom. The van der Waals surface area contributed by atoms with Crippen LogP contribution >= 0.6 is 23.4 Å². The summed E-state index contributed by atoms with van der Waals surface area (Å²) < 4.78 is 12.7. The van der Waals surface area contributed by atoms with E-state index in [9.17, 15) is 0 Å². The zero-order valence-corrected chi connectivity index (χ0v) is 15.8. The lowest BCUT2D eigenvalue weighted by molar-refractivity contribution is 0.400. The summed E-state index contributed by atoms with van der Waals surface area (Å²) in [5, 5.41) is 10.0. The van der Waals surface area contributed by atoms with E-state index in [0.29, 0.717) is 10.8 Å². The predicted octanol–water partition coefficient (Wildman–Crippen LogP) is 4.45. The summed E-state index contributed by atoms with van der Waals surface area (Å²) in [6.45, 7) is 0. The molecule has 130 valence electrons. The van der Waals surface area contributed by atoms with Crippen molar-refractivity contribution in [3.63, 3.8) is 0 Å². The molecule has 25 heavy (non-hydrogen) atoms. The van der Waals surface area contributed by atoms with Gasteiger partial charge in [0.1, 0.15) is 11.5 Å². The van der Waals surface area contributed by atoms with Gasteiger partial charge in [0.05, 0.1) is 19.2 Å². The molecular formula is C18H18ClN3O2S. The van der Waals surface area contributed by atoms with Crippen LogP contribution < -0.4 is 9.47 Å². The van der Waals surface area contributed by atoms with E-state index in [1.165, 1.54) is 0 Å². The van der Waals surface area contributed by atoms with Gasteiger partial charge < -0.3 is 14.0 Å². The molecule has 0 spiro atoms. The molecule has 2 aromatic carbocycles. The number of aromatic nitrogens is 3. The number of thioether (sulfide) groups is 1. The minimum atomic E-state index is 0.656. The van der Waals surface area contributed by atoms with Crippen LogP contribution in [-0.2, 0) is 12.8 Å². The van der Waals surface area contributed by atoms with E-state index >= 15 is 0 Å². The highest BCUT2D eigenvalue weighted by molar-refractivity contribution is 7.98. The Bertz CT molecular complexity index is 883. The summed E-state index contributed by atoms with van der Waals surface area (Å²) in [6, 6.07) is 13.4. The van der Waals surface area contributed by atoms with Gasteiger partial charge >= 0.3 is 0 Å². The monoisotopic (exact) mass is 375 g/mol. The third-order valence-electron chi connectivity index (χ3n) is 3.79. The number of methoxy groups -OCH3 is 2. The molecule has 0 radical (unpaired) electrons. The second-order valence-electron chi connectivity index (χ2n) is 5.31. The number of benzene rings is 2. The van der Waals surface area contributed by atoms with Gasteiger partial charge in [-0.3, -0.25) is 0 Å². The highest BCUT2D eigenvalue weighted by atomic mass is 35.5. The van der Waals surface area contributed by atoms with E-state index in [1.807, 2.05) is 54.1 Å². The SMILES string of the molecule is COc1ccc(OC)c(CSc2nnc(-c3ccccc3Cl)n2C)c1. The molecule has 0 unspecified atom stereocenters. The molecule has 0 aliphatic carbocycles. The van der Waals surface area contributed by atoms with Gasteiger partial charge in [0.15, 0.2) is 11.0 Å². The van der Waals surface area contributed by atoms with E-state index in [1.54, 1.807) is 26.0 Å². The minimum absolute atomic E-state index is 0.656. The lowest BCUT2D eigenvalue weighted by atomic mass is 10.2. The summed E-state index contributed by atoms with van der Waals surface area (Å²) in [5.74, 6) is 3.05. The molecule has 0 bridgehead atoms. The van der Waals surface area contributed by atoms with Crippen molar-refractivity contribution in [3.05, 3.63) is 53.1 Å². The van der Waals surface area contributed by atoms with Gasteiger partial charge in [-0.2, -0.15) is 0 Å². The zero-order valence-electron chi connectivity index (χ0n) is 14.2. The maximum atomic E-state index is 6.27. The van der Waals surface area contributed by atoms with Crippen LogP contribution in [0.4, 0.5) is 0 Å². The Kier molecular flexibility index (Phi) is 5.50. The standard InChI is InChI=1S/C18H18ClN3O2S/c1-22-17(14-6-4-5-7-15(14)19)20-21-18(22)25-11-12-10-13(23-2)8-9-16(12)24-3/h4-10H,11H2,1-3H3. The molecule has 7 heteroatoms. The van der Waals surface area contributed by atoms with Gasteiger partial charge in [0.25, 0.3) is 0 Å². The van der Waals surface area contributed by atoms with Crippen LogP contribution in [0.5, 0.6) is 11.5 Å². The minimum Gasteiger partial charge on any atom is -0.497 e. The Morgan fingerprint density at radius 3 is 2.60 bits per heavy atom. The number of rotatable bonds is 6. The highest BCUT2D eigenvalue weighted by Crippen LogP contribution is 2.32. The number of hydrogen-bond acceptors (Lipinski definition) is 5. The molecule has 0 aliphatic heterocycles. The lowest BCUT2D eigenvalue weighted by Gasteiger charge is -2.10. The molecule has 1 heterocycles. The maximum absolute atomic E-state index is 6.27. The van der Waals surface area contributed by atoms with Crippen molar-refractivity contribution in [2.75, 3.05) is 14.2 Å². The van der Waals surface area contributed by atoms with E-state index in [4.69, 9.17) is 21.1 Å². The Labute approximate surface area is 155 Å². The quantitative estimate of drug-likeness (QED) is 0.596. The van der Waals surface area contributed by atoms with E-state index in [2.05, 4.69) is 10.2 Å². The van der Waals surface area contributed by atoms with Crippen molar-refractivity contribution < 1.29 is 9.47 Å². The van der Waals surface area contributed by atoms with Crippen LogP contribution in [0.1, 0.15) is 5.56 Å². The first kappa shape index (κ1) is 17.6. The molecule has 0 fully saturated rings. The lowest BCUT2D eigenvalue weighted by Crippen LogP contribution is -1.96. The molecule has 3 aromatic rings. The summed E-state index contributed by atoms with van der Waals surface area (Å²) in [6.07, 6.45) is 0. The summed E-state index contributed by atoms with van der Waals surface area (Å²) in [4.78, 5) is 0. The number of halogens is 1. The molecule has 0 amide bonds. The highest BCUT2D eigenvalue weighted by Gasteiger charge is 2.14. The summed E-state index contributed by atoms with van der Waals surface area (Å²) >= 11 is 7.85. The van der Waals surface area contributed by atoms with Crippen LogP contribution in [0, 0.1) is 0 Å². The smallest absolute Gasteiger partial charge is 0.191 e. The van der Waals surface area contributed by atoms with Crippen molar-refractivity contribution in [3.8, 4) is 22.9 Å². The van der Waals surface area contributed by atoms with Gasteiger partial charge in [-0.15, -0.1) is 10.2 Å². The van der Waals surface area contributed by atoms with Gasteiger partial charge in [0, 0.05) is 23.9 Å². The summed E-state index contributed by atoms with van der Waals surface area (Å²) in [5.41, 5.74) is 1.90. The molecule has 0 N–H and O–H groups in total. The average molecular weight is 376 g/mol. The van der Waals surface area contributed by atoms with Crippen molar-refractivity contribution in [2.45, 2.75) is 10.9 Å². The molecular weight excluding hydrogens is 358 g/mol. The maximum Gasteiger partial charge on any atom is 0.191 e. The largest absolute Gasteiger partial charge is 0.497 e. The zero-order chi connectivity index (χ0) is 17.8. The van der Waals surface area contributed by atoms with E-state index in [-0.39, 0.29) is 0 Å². The van der Waals surface area contributed by atoms with Gasteiger partial charge in [-0.25, -0.2) is 0 Å². The first-order valence-electron chi connectivity index (χ1n) is 7.62. The topological polar surface area (TPSA) is 49.2 Å². The van der Waals surface area contributed by atoms with Crippen LogP contribution in [0.25, 0.3) is 11.4 Å². The third kappa shape index (κ3) is 3.75. The Hall–Kier alpha value is -2.18. The predicted molar refractivity (Wildman–Crippen MR) is 101 cm³/mol. The second-order valence-corrected chi connectivity index (χ2v) is 6.66. The van der Waals surface area contributed by atoms with Crippen LogP contribution in [0.15, 0.2) is 47.6 Å². The Balaban J connectivity index is 1.83. The van der Waals surface area contributed by atoms with Gasteiger partial charge in [-0.1, -0.05) is 35.5 Å². The average Bonchev–Trinajstić information content (AvgIpc) is 3.00. The third-order valence-corrected chi connectivity index (χ3v) is 5.19. The normalized spacial score (nSPS) is 10.7. The van der Waals surface area contributed by atoms with Crippen molar-refractivity contribution in [2.24, 2.45) is 7.05 Å². The molecule has 0 saturated heterocycles. The van der Waals surface area contributed by atoms with Crippen LogP contribution in [0.2, 0.25) is 5.02 Å². The molecule has 0 aliphatic rings. The molecule has 0 saturated carbocycles. The number of nitrogens with zero attached hydrogens (tertiary/aromatic N) is 3. The molecule has 0 atom stereocenters. The molecule has 1 aromatic heterocycles. The van der Waals surface area contributed by atoms with Crippen molar-refractivity contribution in [1.29, 1.82) is 0 Å². The first-order valence-corrected chi connectivity index (χ1v) is 8.98. The van der Waals surface area contributed by atoms with Crippen molar-refractivity contribution in [1.82, 2.24) is 14.8 Å². The fourth-order valence-corrected chi connectivity index (χ4v) is 3.56. The van der Waals surface area contributed by atoms with E-state index < -0.39 is 0 Å². The van der Waals surface area contributed by atoms with Crippen LogP contribution in [0.3, 0.4) is 0 Å². The second kappa shape index (κ2) is 7.80.